The van der Waals surface area contributed by atoms with E-state index in [1.165, 1.54) is 18.7 Å². The van der Waals surface area contributed by atoms with E-state index in [-0.39, 0.29) is 23.9 Å². The van der Waals surface area contributed by atoms with Crippen LogP contribution in [-0.2, 0) is 17.6 Å². The monoisotopic (exact) mass is 284 g/mol. The Morgan fingerprint density at radius 1 is 1.29 bits per heavy atom. The lowest BCUT2D eigenvalue weighted by Gasteiger charge is -2.11. The Balaban J connectivity index is 1.77. The Bertz CT molecular complexity index is 679. The van der Waals surface area contributed by atoms with Gasteiger partial charge in [0.1, 0.15) is 5.78 Å². The fourth-order valence-electron chi connectivity index (χ4n) is 3.04. The van der Waals surface area contributed by atoms with Gasteiger partial charge in [-0.15, -0.1) is 0 Å². The van der Waals surface area contributed by atoms with Crippen LogP contribution >= 0.6 is 0 Å². The number of methoxy groups -OCH3 is 1. The van der Waals surface area contributed by atoms with E-state index in [4.69, 9.17) is 4.74 Å². The van der Waals surface area contributed by atoms with Crippen LogP contribution in [-0.4, -0.2) is 12.9 Å². The second-order valence-electron chi connectivity index (χ2n) is 5.40. The van der Waals surface area contributed by atoms with Crippen LogP contribution < -0.4 is 4.74 Å². The van der Waals surface area contributed by atoms with Crippen LogP contribution in [0.25, 0.3) is 0 Å². The molecule has 0 fully saturated rings. The predicted molar refractivity (Wildman–Crippen MR) is 79.2 cm³/mol. The van der Waals surface area contributed by atoms with Crippen LogP contribution in [0, 0.1) is 5.82 Å². The number of ketones is 1. The maximum atomic E-state index is 13.7. The van der Waals surface area contributed by atoms with Crippen molar-refractivity contribution in [2.24, 2.45) is 0 Å². The Morgan fingerprint density at radius 3 is 2.86 bits per heavy atom. The number of rotatable bonds is 4. The first-order valence-corrected chi connectivity index (χ1v) is 7.12. The number of hydrogen-bond donors (Lipinski definition) is 0. The highest BCUT2D eigenvalue weighted by atomic mass is 19.1. The molecule has 0 N–H and O–H groups in total. The molecule has 2 aromatic carbocycles. The molecule has 0 saturated carbocycles. The summed E-state index contributed by atoms with van der Waals surface area (Å²) in [6, 6.07) is 12.8. The summed E-state index contributed by atoms with van der Waals surface area (Å²) in [6.07, 6.45) is 2.07. The van der Waals surface area contributed by atoms with Gasteiger partial charge in [-0.05, 0) is 41.7 Å². The fourth-order valence-corrected chi connectivity index (χ4v) is 3.04. The number of ether oxygens (including phenoxy) is 1. The van der Waals surface area contributed by atoms with Gasteiger partial charge in [-0.2, -0.15) is 0 Å². The molecule has 0 radical (unpaired) electrons. The third-order valence-electron chi connectivity index (χ3n) is 4.12. The largest absolute Gasteiger partial charge is 0.494 e. The summed E-state index contributed by atoms with van der Waals surface area (Å²) < 4.78 is 18.6. The maximum absolute atomic E-state index is 13.7. The normalized spacial score (nSPS) is 16.6. The summed E-state index contributed by atoms with van der Waals surface area (Å²) >= 11 is 0. The molecule has 2 aromatic rings. The van der Waals surface area contributed by atoms with Gasteiger partial charge < -0.3 is 4.74 Å². The molecule has 0 aromatic heterocycles. The van der Waals surface area contributed by atoms with Gasteiger partial charge in [-0.1, -0.05) is 30.3 Å². The van der Waals surface area contributed by atoms with Crippen molar-refractivity contribution >= 4 is 5.78 Å². The van der Waals surface area contributed by atoms with Crippen LogP contribution in [0.3, 0.4) is 0 Å². The molecule has 1 atom stereocenters. The lowest BCUT2D eigenvalue weighted by Crippen LogP contribution is -2.12. The highest BCUT2D eigenvalue weighted by Crippen LogP contribution is 2.34. The summed E-state index contributed by atoms with van der Waals surface area (Å²) in [5.74, 6) is -0.108. The standard InChI is InChI=1S/C18H17FO2/c1-21-18-9-6-12(10-16(18)19)11-17(20)15-8-7-13-4-2-3-5-14(13)15/h2-6,9-10,15H,7-8,11H2,1H3. The summed E-state index contributed by atoms with van der Waals surface area (Å²) in [6.45, 7) is 0. The quantitative estimate of drug-likeness (QED) is 0.856. The second-order valence-corrected chi connectivity index (χ2v) is 5.40. The number of halogens is 1. The van der Waals surface area contributed by atoms with Crippen molar-refractivity contribution in [3.63, 3.8) is 0 Å². The van der Waals surface area contributed by atoms with Gasteiger partial charge in [-0.3, -0.25) is 4.79 Å². The zero-order valence-electron chi connectivity index (χ0n) is 11.9. The molecule has 0 aliphatic heterocycles. The van der Waals surface area contributed by atoms with E-state index >= 15 is 0 Å². The third kappa shape index (κ3) is 2.68. The smallest absolute Gasteiger partial charge is 0.165 e. The molecule has 0 heterocycles. The van der Waals surface area contributed by atoms with Crippen molar-refractivity contribution in [2.75, 3.05) is 7.11 Å². The van der Waals surface area contributed by atoms with Gasteiger partial charge >= 0.3 is 0 Å². The number of carbonyl (C=O) groups excluding carboxylic acids is 1. The van der Waals surface area contributed by atoms with Crippen molar-refractivity contribution in [2.45, 2.75) is 25.2 Å². The van der Waals surface area contributed by atoms with Gasteiger partial charge in [-0.25, -0.2) is 4.39 Å². The molecule has 1 aliphatic carbocycles. The van der Waals surface area contributed by atoms with Crippen LogP contribution in [0.4, 0.5) is 4.39 Å². The number of fused-ring (bicyclic) bond motifs is 1. The van der Waals surface area contributed by atoms with Crippen molar-refractivity contribution < 1.29 is 13.9 Å². The molecule has 108 valence electrons. The number of carbonyl (C=O) groups is 1. The number of benzene rings is 2. The third-order valence-corrected chi connectivity index (χ3v) is 4.12. The number of aryl methyl sites for hydroxylation is 1. The number of hydrogen-bond acceptors (Lipinski definition) is 2. The molecular formula is C18H17FO2. The summed E-state index contributed by atoms with van der Waals surface area (Å²) in [4.78, 5) is 12.5. The summed E-state index contributed by atoms with van der Waals surface area (Å²) in [5, 5.41) is 0. The lowest BCUT2D eigenvalue weighted by molar-refractivity contribution is -0.119. The maximum Gasteiger partial charge on any atom is 0.165 e. The van der Waals surface area contributed by atoms with E-state index < -0.39 is 5.82 Å². The first-order valence-electron chi connectivity index (χ1n) is 7.12. The Hall–Kier alpha value is -2.16. The topological polar surface area (TPSA) is 26.3 Å². The molecule has 2 nitrogen and oxygen atoms in total. The Morgan fingerprint density at radius 2 is 2.10 bits per heavy atom. The van der Waals surface area contributed by atoms with Crippen molar-refractivity contribution in [1.29, 1.82) is 0 Å². The Labute approximate surface area is 123 Å². The first-order chi connectivity index (χ1) is 10.2. The molecule has 3 rings (SSSR count). The molecule has 0 spiro atoms. The van der Waals surface area contributed by atoms with Crippen LogP contribution in [0.5, 0.6) is 5.75 Å². The fraction of sp³-hybridized carbons (Fsp3) is 0.278. The second kappa shape index (κ2) is 5.68. The summed E-state index contributed by atoms with van der Waals surface area (Å²) in [5.41, 5.74) is 3.09. The molecule has 0 amide bonds. The molecule has 1 unspecified atom stereocenters. The minimum Gasteiger partial charge on any atom is -0.494 e. The van der Waals surface area contributed by atoms with Gasteiger partial charge in [0.05, 0.1) is 7.11 Å². The molecule has 0 saturated heterocycles. The molecular weight excluding hydrogens is 267 g/mol. The average molecular weight is 284 g/mol. The first kappa shape index (κ1) is 13.8. The SMILES string of the molecule is COc1ccc(CC(=O)C2CCc3ccccc32)cc1F. The van der Waals surface area contributed by atoms with E-state index in [0.29, 0.717) is 5.56 Å². The number of Topliss-reactive ketones (excluding diaryl/α,β-unsaturated/α-hetero) is 1. The zero-order chi connectivity index (χ0) is 14.8. The average Bonchev–Trinajstić information content (AvgIpc) is 2.91. The van der Waals surface area contributed by atoms with E-state index in [1.54, 1.807) is 12.1 Å². The molecule has 0 bridgehead atoms. The zero-order valence-corrected chi connectivity index (χ0v) is 11.9. The highest BCUT2D eigenvalue weighted by molar-refractivity contribution is 5.88. The van der Waals surface area contributed by atoms with Crippen LogP contribution in [0.1, 0.15) is 29.0 Å². The van der Waals surface area contributed by atoms with Gasteiger partial charge in [0.2, 0.25) is 0 Å². The highest BCUT2D eigenvalue weighted by Gasteiger charge is 2.27. The van der Waals surface area contributed by atoms with Crippen LogP contribution in [0.15, 0.2) is 42.5 Å². The van der Waals surface area contributed by atoms with Gasteiger partial charge in [0.25, 0.3) is 0 Å². The predicted octanol–water partition coefficient (Wildman–Crippen LogP) is 3.68. The van der Waals surface area contributed by atoms with E-state index in [9.17, 15) is 9.18 Å². The van der Waals surface area contributed by atoms with Crippen molar-refractivity contribution in [1.82, 2.24) is 0 Å². The minimum absolute atomic E-state index is 0.0497. The van der Waals surface area contributed by atoms with Gasteiger partial charge in [0.15, 0.2) is 11.6 Å². The van der Waals surface area contributed by atoms with Crippen LogP contribution in [0.2, 0.25) is 0 Å². The van der Waals surface area contributed by atoms with E-state index in [1.807, 2.05) is 18.2 Å². The van der Waals surface area contributed by atoms with Crippen molar-refractivity contribution in [3.8, 4) is 5.75 Å². The molecule has 21 heavy (non-hydrogen) atoms. The van der Waals surface area contributed by atoms with Gasteiger partial charge in [0, 0.05) is 12.3 Å². The molecule has 3 heteroatoms. The Kier molecular flexibility index (Phi) is 3.74. The van der Waals surface area contributed by atoms with E-state index in [2.05, 4.69) is 6.07 Å². The molecule has 1 aliphatic rings. The summed E-state index contributed by atoms with van der Waals surface area (Å²) in [7, 11) is 1.43. The lowest BCUT2D eigenvalue weighted by atomic mass is 9.92. The minimum atomic E-state index is -0.422. The van der Waals surface area contributed by atoms with Crippen molar-refractivity contribution in [3.05, 3.63) is 65.0 Å². The van der Waals surface area contributed by atoms with E-state index in [0.717, 1.165) is 18.4 Å².